The first-order valence-electron chi connectivity index (χ1n) is 9.58. The SMILES string of the molecule is COc1cc(NC(=O)CS(=O)(=O)c2ccc(Cl)cc2)c(C(=O)N2CCCC2)cc1OC. The van der Waals surface area contributed by atoms with Crippen LogP contribution in [0.25, 0.3) is 0 Å². The Hall–Kier alpha value is -2.78. The average Bonchev–Trinajstić information content (AvgIpc) is 3.27. The van der Waals surface area contributed by atoms with Gasteiger partial charge in [-0.3, -0.25) is 9.59 Å². The number of anilines is 1. The van der Waals surface area contributed by atoms with Crippen molar-refractivity contribution in [2.75, 3.05) is 38.4 Å². The minimum Gasteiger partial charge on any atom is -0.493 e. The molecule has 0 saturated carbocycles. The largest absolute Gasteiger partial charge is 0.493 e. The first-order valence-corrected chi connectivity index (χ1v) is 11.6. The zero-order valence-electron chi connectivity index (χ0n) is 17.2. The molecule has 1 saturated heterocycles. The number of benzene rings is 2. The summed E-state index contributed by atoms with van der Waals surface area (Å²) in [6.45, 7) is 1.23. The summed E-state index contributed by atoms with van der Waals surface area (Å²) in [6.07, 6.45) is 1.81. The Balaban J connectivity index is 1.88. The van der Waals surface area contributed by atoms with E-state index in [-0.39, 0.29) is 22.1 Å². The Morgan fingerprint density at radius 3 is 2.19 bits per heavy atom. The molecule has 10 heteroatoms. The lowest BCUT2D eigenvalue weighted by Crippen LogP contribution is -2.30. The molecule has 166 valence electrons. The van der Waals surface area contributed by atoms with Crippen molar-refractivity contribution in [1.82, 2.24) is 4.90 Å². The van der Waals surface area contributed by atoms with E-state index in [1.54, 1.807) is 4.90 Å². The highest BCUT2D eigenvalue weighted by Crippen LogP contribution is 2.34. The normalized spacial score (nSPS) is 13.7. The van der Waals surface area contributed by atoms with E-state index < -0.39 is 21.5 Å². The summed E-state index contributed by atoms with van der Waals surface area (Å²) in [7, 11) is -1.03. The molecule has 1 aliphatic heterocycles. The Morgan fingerprint density at radius 2 is 1.61 bits per heavy atom. The molecule has 1 fully saturated rings. The number of nitrogens with one attached hydrogen (secondary N) is 1. The fourth-order valence-electron chi connectivity index (χ4n) is 3.33. The molecule has 1 aliphatic rings. The van der Waals surface area contributed by atoms with Gasteiger partial charge in [-0.1, -0.05) is 11.6 Å². The third kappa shape index (κ3) is 5.29. The number of nitrogens with zero attached hydrogens (tertiary/aromatic N) is 1. The molecule has 2 aromatic rings. The van der Waals surface area contributed by atoms with Crippen LogP contribution in [0.3, 0.4) is 0 Å². The topological polar surface area (TPSA) is 102 Å². The molecular formula is C21H23ClN2O6S. The van der Waals surface area contributed by atoms with Crippen LogP contribution in [0.5, 0.6) is 11.5 Å². The Bertz CT molecular complexity index is 1080. The first-order chi connectivity index (χ1) is 14.7. The van der Waals surface area contributed by atoms with Crippen LogP contribution >= 0.6 is 11.6 Å². The molecule has 0 spiro atoms. The molecular weight excluding hydrogens is 444 g/mol. The molecule has 0 aliphatic carbocycles. The number of hydrogen-bond donors (Lipinski definition) is 1. The van der Waals surface area contributed by atoms with Crippen LogP contribution < -0.4 is 14.8 Å². The van der Waals surface area contributed by atoms with E-state index in [1.807, 2.05) is 0 Å². The molecule has 8 nitrogen and oxygen atoms in total. The van der Waals surface area contributed by atoms with E-state index in [1.165, 1.54) is 50.6 Å². The van der Waals surface area contributed by atoms with Crippen LogP contribution in [0.15, 0.2) is 41.3 Å². The number of hydrogen-bond acceptors (Lipinski definition) is 6. The van der Waals surface area contributed by atoms with Crippen molar-refractivity contribution in [2.24, 2.45) is 0 Å². The second kappa shape index (κ2) is 9.57. The Labute approximate surface area is 186 Å². The van der Waals surface area contributed by atoms with Crippen LogP contribution in [-0.2, 0) is 14.6 Å². The van der Waals surface area contributed by atoms with E-state index in [0.717, 1.165) is 12.8 Å². The lowest BCUT2D eigenvalue weighted by atomic mass is 10.1. The van der Waals surface area contributed by atoms with Crippen LogP contribution in [0.1, 0.15) is 23.2 Å². The van der Waals surface area contributed by atoms with E-state index >= 15 is 0 Å². The van der Waals surface area contributed by atoms with Gasteiger partial charge in [0, 0.05) is 24.2 Å². The van der Waals surface area contributed by atoms with Gasteiger partial charge >= 0.3 is 0 Å². The predicted octanol–water partition coefficient (Wildman–Crippen LogP) is 3.01. The summed E-state index contributed by atoms with van der Waals surface area (Å²) in [6, 6.07) is 8.49. The van der Waals surface area contributed by atoms with Crippen molar-refractivity contribution in [3.63, 3.8) is 0 Å². The van der Waals surface area contributed by atoms with E-state index in [4.69, 9.17) is 21.1 Å². The molecule has 0 radical (unpaired) electrons. The van der Waals surface area contributed by atoms with Gasteiger partial charge in [0.2, 0.25) is 5.91 Å². The third-order valence-corrected chi connectivity index (χ3v) is 6.80. The van der Waals surface area contributed by atoms with Crippen molar-refractivity contribution in [1.29, 1.82) is 0 Å². The summed E-state index contributed by atoms with van der Waals surface area (Å²) in [5.74, 6) is -1.21. The van der Waals surface area contributed by atoms with Crippen molar-refractivity contribution in [2.45, 2.75) is 17.7 Å². The van der Waals surface area contributed by atoms with Gasteiger partial charge in [0.15, 0.2) is 21.3 Å². The van der Waals surface area contributed by atoms with Crippen molar-refractivity contribution >= 4 is 38.9 Å². The molecule has 0 atom stereocenters. The first kappa shape index (κ1) is 22.9. The number of rotatable bonds is 7. The maximum Gasteiger partial charge on any atom is 0.256 e. The zero-order chi connectivity index (χ0) is 22.6. The van der Waals surface area contributed by atoms with Crippen LogP contribution in [-0.4, -0.2) is 58.2 Å². The van der Waals surface area contributed by atoms with Crippen molar-refractivity contribution in [3.05, 3.63) is 47.0 Å². The zero-order valence-corrected chi connectivity index (χ0v) is 18.8. The van der Waals surface area contributed by atoms with Crippen LogP contribution in [0.4, 0.5) is 5.69 Å². The van der Waals surface area contributed by atoms with Gasteiger partial charge in [-0.05, 0) is 43.2 Å². The van der Waals surface area contributed by atoms with Gasteiger partial charge < -0.3 is 19.7 Å². The second-order valence-electron chi connectivity index (χ2n) is 7.01. The quantitative estimate of drug-likeness (QED) is 0.673. The summed E-state index contributed by atoms with van der Waals surface area (Å²) in [4.78, 5) is 27.3. The summed E-state index contributed by atoms with van der Waals surface area (Å²) >= 11 is 5.80. The number of methoxy groups -OCH3 is 2. The van der Waals surface area contributed by atoms with Crippen molar-refractivity contribution in [3.8, 4) is 11.5 Å². The van der Waals surface area contributed by atoms with Crippen molar-refractivity contribution < 1.29 is 27.5 Å². The molecule has 0 aromatic heterocycles. The smallest absolute Gasteiger partial charge is 0.256 e. The van der Waals surface area contributed by atoms with Gasteiger partial charge in [0.1, 0.15) is 5.75 Å². The molecule has 0 unspecified atom stereocenters. The summed E-state index contributed by atoms with van der Waals surface area (Å²) in [5, 5.41) is 2.94. The highest BCUT2D eigenvalue weighted by atomic mass is 35.5. The van der Waals surface area contributed by atoms with Gasteiger partial charge in [-0.2, -0.15) is 0 Å². The second-order valence-corrected chi connectivity index (χ2v) is 9.44. The minimum absolute atomic E-state index is 0.0206. The summed E-state index contributed by atoms with van der Waals surface area (Å²) in [5.41, 5.74) is 0.364. The molecule has 1 heterocycles. The molecule has 31 heavy (non-hydrogen) atoms. The van der Waals surface area contributed by atoms with Crippen LogP contribution in [0.2, 0.25) is 5.02 Å². The third-order valence-electron chi connectivity index (χ3n) is 4.92. The lowest BCUT2D eigenvalue weighted by Gasteiger charge is -2.20. The maximum absolute atomic E-state index is 13.0. The fourth-order valence-corrected chi connectivity index (χ4v) is 4.59. The van der Waals surface area contributed by atoms with Crippen LogP contribution in [0, 0.1) is 0 Å². The fraction of sp³-hybridized carbons (Fsp3) is 0.333. The highest BCUT2D eigenvalue weighted by molar-refractivity contribution is 7.92. The predicted molar refractivity (Wildman–Crippen MR) is 117 cm³/mol. The van der Waals surface area contributed by atoms with E-state index in [0.29, 0.717) is 29.6 Å². The average molecular weight is 467 g/mol. The monoisotopic (exact) mass is 466 g/mol. The molecule has 2 amide bonds. The van der Waals surface area contributed by atoms with Gasteiger partial charge in [0.25, 0.3) is 5.91 Å². The number of halogens is 1. The number of amides is 2. The highest BCUT2D eigenvalue weighted by Gasteiger charge is 2.26. The number of likely N-dealkylation sites (tertiary alicyclic amines) is 1. The minimum atomic E-state index is -3.90. The summed E-state index contributed by atoms with van der Waals surface area (Å²) < 4.78 is 35.7. The number of ether oxygens (including phenoxy) is 2. The van der Waals surface area contributed by atoms with Gasteiger partial charge in [-0.25, -0.2) is 8.42 Å². The Kier molecular flexibility index (Phi) is 7.07. The van der Waals surface area contributed by atoms with Gasteiger partial charge in [0.05, 0.1) is 30.4 Å². The van der Waals surface area contributed by atoms with E-state index in [2.05, 4.69) is 5.32 Å². The maximum atomic E-state index is 13.0. The molecule has 2 aromatic carbocycles. The number of sulfone groups is 1. The number of carbonyl (C=O) groups is 2. The number of carbonyl (C=O) groups excluding carboxylic acids is 2. The van der Waals surface area contributed by atoms with Gasteiger partial charge in [-0.15, -0.1) is 0 Å². The molecule has 1 N–H and O–H groups in total. The lowest BCUT2D eigenvalue weighted by molar-refractivity contribution is -0.113. The molecule has 3 rings (SSSR count). The standard InChI is InChI=1S/C21H23ClN2O6S/c1-29-18-11-16(21(26)24-9-3-4-10-24)17(12-19(18)30-2)23-20(25)13-31(27,28)15-7-5-14(22)6-8-15/h5-8,11-12H,3-4,9-10,13H2,1-2H3,(H,23,25). The molecule has 0 bridgehead atoms. The Morgan fingerprint density at radius 1 is 1.03 bits per heavy atom. The van der Waals surface area contributed by atoms with E-state index in [9.17, 15) is 18.0 Å².